The molecule has 6 heteroatoms. The Morgan fingerprint density at radius 2 is 2.33 bits per heavy atom. The average molecular weight is 313 g/mol. The lowest BCUT2D eigenvalue weighted by atomic mass is 10.0. The first-order valence-corrected chi connectivity index (χ1v) is 7.41. The Hall–Kier alpha value is -1.30. The highest BCUT2D eigenvalue weighted by molar-refractivity contribution is 6.32. The summed E-state index contributed by atoms with van der Waals surface area (Å²) in [6.07, 6.45) is 1.01. The molecule has 1 fully saturated rings. The normalized spacial score (nSPS) is 22.3. The molecular weight excluding hydrogens is 292 g/mol. The van der Waals surface area contributed by atoms with Gasteiger partial charge in [-0.1, -0.05) is 18.5 Å². The maximum absolute atomic E-state index is 12.1. The predicted molar refractivity (Wildman–Crippen MR) is 82.9 cm³/mol. The molecule has 2 atom stereocenters. The van der Waals surface area contributed by atoms with Gasteiger partial charge in [0.25, 0.3) is 0 Å². The first-order valence-electron chi connectivity index (χ1n) is 7.03. The van der Waals surface area contributed by atoms with Gasteiger partial charge in [0.15, 0.2) is 0 Å². The number of aliphatic hydroxyl groups excluding tert-OH is 1. The molecule has 0 spiro atoms. The third-order valence-electron chi connectivity index (χ3n) is 3.97. The van der Waals surface area contributed by atoms with Crippen molar-refractivity contribution in [2.75, 3.05) is 32.1 Å². The number of carbonyl (C=O) groups is 1. The molecule has 5 nitrogen and oxygen atoms in total. The number of likely N-dealkylation sites (tertiary alicyclic amines) is 1. The van der Waals surface area contributed by atoms with Crippen molar-refractivity contribution in [2.24, 2.45) is 5.92 Å². The Morgan fingerprint density at radius 1 is 1.57 bits per heavy atom. The van der Waals surface area contributed by atoms with E-state index >= 15 is 0 Å². The highest BCUT2D eigenvalue weighted by Gasteiger charge is 2.31. The average Bonchev–Trinajstić information content (AvgIpc) is 2.79. The van der Waals surface area contributed by atoms with Crippen LogP contribution < -0.4 is 10.1 Å². The van der Waals surface area contributed by atoms with Gasteiger partial charge in [-0.3, -0.25) is 9.69 Å². The van der Waals surface area contributed by atoms with Crippen molar-refractivity contribution in [3.8, 4) is 5.75 Å². The van der Waals surface area contributed by atoms with E-state index in [1.807, 2.05) is 4.90 Å². The fourth-order valence-electron chi connectivity index (χ4n) is 2.71. The number of carbonyl (C=O) groups excluding carboxylic acids is 1. The lowest BCUT2D eigenvalue weighted by molar-refractivity contribution is -0.117. The standard InChI is InChI=1S/C15H21ClN2O3/c1-10-5-6-18(13(10)9-19)8-15(20)17-11-3-4-14(21-2)12(16)7-11/h3-4,7,10,13,19H,5-6,8-9H2,1-2H3,(H,17,20). The monoisotopic (exact) mass is 312 g/mol. The first kappa shape index (κ1) is 16.1. The van der Waals surface area contributed by atoms with E-state index in [0.29, 0.717) is 22.4 Å². The van der Waals surface area contributed by atoms with Crippen LogP contribution in [0.25, 0.3) is 0 Å². The molecule has 0 bridgehead atoms. The number of nitrogens with zero attached hydrogens (tertiary/aromatic N) is 1. The van der Waals surface area contributed by atoms with Crippen LogP contribution in [-0.4, -0.2) is 48.8 Å². The molecule has 116 valence electrons. The van der Waals surface area contributed by atoms with Gasteiger partial charge in [-0.05, 0) is 37.1 Å². The number of ether oxygens (including phenoxy) is 1. The summed E-state index contributed by atoms with van der Waals surface area (Å²) in [6, 6.07) is 5.19. The van der Waals surface area contributed by atoms with Gasteiger partial charge in [0.2, 0.25) is 5.91 Å². The molecule has 1 amide bonds. The fourth-order valence-corrected chi connectivity index (χ4v) is 2.97. The minimum Gasteiger partial charge on any atom is -0.495 e. The third kappa shape index (κ3) is 3.87. The summed E-state index contributed by atoms with van der Waals surface area (Å²) in [7, 11) is 1.54. The molecule has 0 saturated carbocycles. The van der Waals surface area contributed by atoms with Gasteiger partial charge >= 0.3 is 0 Å². The molecule has 2 N–H and O–H groups in total. The number of aliphatic hydroxyl groups is 1. The maximum Gasteiger partial charge on any atom is 0.238 e. The number of methoxy groups -OCH3 is 1. The second-order valence-electron chi connectivity index (χ2n) is 5.38. The largest absolute Gasteiger partial charge is 0.495 e. The van der Waals surface area contributed by atoms with E-state index < -0.39 is 0 Å². The first-order chi connectivity index (χ1) is 10.0. The van der Waals surface area contributed by atoms with Crippen molar-refractivity contribution in [1.82, 2.24) is 4.90 Å². The van der Waals surface area contributed by atoms with Gasteiger partial charge < -0.3 is 15.2 Å². The van der Waals surface area contributed by atoms with Crippen LogP contribution in [0.1, 0.15) is 13.3 Å². The summed E-state index contributed by atoms with van der Waals surface area (Å²) in [6.45, 7) is 3.30. The maximum atomic E-state index is 12.1. The number of hydrogen-bond acceptors (Lipinski definition) is 4. The van der Waals surface area contributed by atoms with Crippen molar-refractivity contribution in [1.29, 1.82) is 0 Å². The molecule has 0 radical (unpaired) electrons. The Balaban J connectivity index is 1.94. The van der Waals surface area contributed by atoms with E-state index in [1.54, 1.807) is 25.3 Å². The summed E-state index contributed by atoms with van der Waals surface area (Å²) in [5.74, 6) is 0.880. The lowest BCUT2D eigenvalue weighted by Gasteiger charge is -2.24. The van der Waals surface area contributed by atoms with Crippen molar-refractivity contribution < 1.29 is 14.6 Å². The molecule has 2 rings (SSSR count). The van der Waals surface area contributed by atoms with Crippen LogP contribution in [0.2, 0.25) is 5.02 Å². The third-order valence-corrected chi connectivity index (χ3v) is 4.26. The quantitative estimate of drug-likeness (QED) is 0.873. The Bertz CT molecular complexity index is 510. The zero-order chi connectivity index (χ0) is 15.4. The van der Waals surface area contributed by atoms with Gasteiger partial charge in [0, 0.05) is 11.7 Å². The number of nitrogens with one attached hydrogen (secondary N) is 1. The van der Waals surface area contributed by atoms with Crippen molar-refractivity contribution >= 4 is 23.2 Å². The Morgan fingerprint density at radius 3 is 2.95 bits per heavy atom. The second-order valence-corrected chi connectivity index (χ2v) is 5.79. The molecule has 1 aromatic carbocycles. The number of amides is 1. The molecule has 1 saturated heterocycles. The Kier molecular flexibility index (Phi) is 5.45. The molecule has 21 heavy (non-hydrogen) atoms. The smallest absolute Gasteiger partial charge is 0.238 e. The molecule has 1 aromatic rings. The van der Waals surface area contributed by atoms with Crippen LogP contribution in [0.5, 0.6) is 5.75 Å². The molecule has 1 heterocycles. The van der Waals surface area contributed by atoms with E-state index in [1.165, 1.54) is 0 Å². The fraction of sp³-hybridized carbons (Fsp3) is 0.533. The minimum atomic E-state index is -0.108. The summed E-state index contributed by atoms with van der Waals surface area (Å²) < 4.78 is 5.07. The van der Waals surface area contributed by atoms with Crippen molar-refractivity contribution in [2.45, 2.75) is 19.4 Å². The zero-order valence-corrected chi connectivity index (χ0v) is 13.1. The van der Waals surface area contributed by atoms with Crippen LogP contribution in [0, 0.1) is 5.92 Å². The molecular formula is C15H21ClN2O3. The summed E-state index contributed by atoms with van der Waals surface area (Å²) in [4.78, 5) is 14.1. The Labute approximate surface area is 129 Å². The van der Waals surface area contributed by atoms with Crippen LogP contribution in [0.3, 0.4) is 0 Å². The van der Waals surface area contributed by atoms with E-state index in [2.05, 4.69) is 12.2 Å². The number of anilines is 1. The summed E-state index contributed by atoms with van der Waals surface area (Å²) in [5, 5.41) is 12.7. The van der Waals surface area contributed by atoms with Crippen LogP contribution in [0.15, 0.2) is 18.2 Å². The predicted octanol–water partition coefficient (Wildman–Crippen LogP) is 1.99. The molecule has 1 aliphatic heterocycles. The second kappa shape index (κ2) is 7.11. The highest BCUT2D eigenvalue weighted by Crippen LogP contribution is 2.27. The van der Waals surface area contributed by atoms with Crippen LogP contribution >= 0.6 is 11.6 Å². The SMILES string of the molecule is COc1ccc(NC(=O)CN2CCC(C)C2CO)cc1Cl. The topological polar surface area (TPSA) is 61.8 Å². The van der Waals surface area contributed by atoms with Gasteiger partial charge in [0.05, 0.1) is 25.3 Å². The van der Waals surface area contributed by atoms with E-state index in [-0.39, 0.29) is 25.1 Å². The number of benzene rings is 1. The molecule has 0 aromatic heterocycles. The number of halogens is 1. The van der Waals surface area contributed by atoms with Crippen molar-refractivity contribution in [3.05, 3.63) is 23.2 Å². The molecule has 1 aliphatic rings. The number of rotatable bonds is 5. The van der Waals surface area contributed by atoms with Gasteiger partial charge in [-0.2, -0.15) is 0 Å². The van der Waals surface area contributed by atoms with E-state index in [0.717, 1.165) is 13.0 Å². The van der Waals surface area contributed by atoms with Gasteiger partial charge in [0.1, 0.15) is 5.75 Å². The van der Waals surface area contributed by atoms with Gasteiger partial charge in [-0.25, -0.2) is 0 Å². The van der Waals surface area contributed by atoms with E-state index in [4.69, 9.17) is 16.3 Å². The highest BCUT2D eigenvalue weighted by atomic mass is 35.5. The molecule has 2 unspecified atom stereocenters. The summed E-state index contributed by atoms with van der Waals surface area (Å²) in [5.41, 5.74) is 0.638. The molecule has 0 aliphatic carbocycles. The minimum absolute atomic E-state index is 0.0650. The zero-order valence-electron chi connectivity index (χ0n) is 12.3. The van der Waals surface area contributed by atoms with Crippen LogP contribution in [0.4, 0.5) is 5.69 Å². The van der Waals surface area contributed by atoms with Crippen molar-refractivity contribution in [3.63, 3.8) is 0 Å². The van der Waals surface area contributed by atoms with Crippen LogP contribution in [-0.2, 0) is 4.79 Å². The van der Waals surface area contributed by atoms with Gasteiger partial charge in [-0.15, -0.1) is 0 Å². The summed E-state index contributed by atoms with van der Waals surface area (Å²) >= 11 is 6.03. The lowest BCUT2D eigenvalue weighted by Crippen LogP contribution is -2.40. The van der Waals surface area contributed by atoms with E-state index in [9.17, 15) is 9.90 Å². The number of hydrogen-bond donors (Lipinski definition) is 2.